The van der Waals surface area contributed by atoms with Crippen LogP contribution >= 0.6 is 0 Å². The predicted molar refractivity (Wildman–Crippen MR) is 129 cm³/mol. The van der Waals surface area contributed by atoms with Gasteiger partial charge in [-0.25, -0.2) is 0 Å². The van der Waals surface area contributed by atoms with E-state index < -0.39 is 0 Å². The summed E-state index contributed by atoms with van der Waals surface area (Å²) in [6.07, 6.45) is 8.21. The SMILES string of the molecule is C[C@H]1CCCN(Cc2ccc(C(=O)Nc3ccccc3C(=O)NC3CCCCC3)cc2)C1. The van der Waals surface area contributed by atoms with Gasteiger partial charge in [0.05, 0.1) is 11.3 Å². The van der Waals surface area contributed by atoms with Crippen molar-refractivity contribution in [1.82, 2.24) is 10.2 Å². The fourth-order valence-corrected chi connectivity index (χ4v) is 4.94. The topological polar surface area (TPSA) is 61.4 Å². The van der Waals surface area contributed by atoms with Crippen LogP contribution in [0.3, 0.4) is 0 Å². The first kappa shape index (κ1) is 22.5. The number of hydrogen-bond acceptors (Lipinski definition) is 3. The molecular weight excluding hydrogens is 398 g/mol. The van der Waals surface area contributed by atoms with E-state index in [9.17, 15) is 9.59 Å². The average molecular weight is 434 g/mol. The maximum Gasteiger partial charge on any atom is 0.255 e. The Morgan fingerprint density at radius 3 is 2.41 bits per heavy atom. The molecule has 2 aromatic rings. The number of likely N-dealkylation sites (tertiary alicyclic amines) is 1. The number of benzene rings is 2. The molecule has 2 aromatic carbocycles. The van der Waals surface area contributed by atoms with Crippen molar-refractivity contribution in [2.75, 3.05) is 18.4 Å². The quantitative estimate of drug-likeness (QED) is 0.655. The molecule has 1 atom stereocenters. The molecule has 170 valence electrons. The Morgan fingerprint density at radius 1 is 0.906 bits per heavy atom. The molecule has 5 heteroatoms. The van der Waals surface area contributed by atoms with Crippen LogP contribution in [0.5, 0.6) is 0 Å². The van der Waals surface area contributed by atoms with Crippen molar-refractivity contribution in [2.24, 2.45) is 5.92 Å². The molecule has 5 nitrogen and oxygen atoms in total. The summed E-state index contributed by atoms with van der Waals surface area (Å²) in [4.78, 5) is 28.2. The monoisotopic (exact) mass is 433 g/mol. The van der Waals surface area contributed by atoms with Gasteiger partial charge in [0.2, 0.25) is 0 Å². The molecule has 0 aromatic heterocycles. The molecule has 2 aliphatic rings. The number of hydrogen-bond donors (Lipinski definition) is 2. The third-order valence-electron chi connectivity index (χ3n) is 6.72. The van der Waals surface area contributed by atoms with Gasteiger partial charge in [0.15, 0.2) is 0 Å². The fourth-order valence-electron chi connectivity index (χ4n) is 4.94. The van der Waals surface area contributed by atoms with Gasteiger partial charge in [-0.3, -0.25) is 14.5 Å². The number of para-hydroxylation sites is 1. The smallest absolute Gasteiger partial charge is 0.255 e. The molecule has 1 saturated carbocycles. The van der Waals surface area contributed by atoms with E-state index in [1.54, 1.807) is 12.1 Å². The molecule has 2 fully saturated rings. The Hall–Kier alpha value is -2.66. The maximum absolute atomic E-state index is 12.9. The summed E-state index contributed by atoms with van der Waals surface area (Å²) in [5.74, 6) is 0.448. The van der Waals surface area contributed by atoms with Crippen molar-refractivity contribution in [1.29, 1.82) is 0 Å². The Bertz CT molecular complexity index is 919. The number of anilines is 1. The van der Waals surface area contributed by atoms with Crippen LogP contribution in [0.1, 0.15) is 78.1 Å². The van der Waals surface area contributed by atoms with Crippen molar-refractivity contribution >= 4 is 17.5 Å². The molecule has 2 N–H and O–H groups in total. The third kappa shape index (κ3) is 5.98. The van der Waals surface area contributed by atoms with Crippen molar-refractivity contribution in [3.8, 4) is 0 Å². The first-order valence-corrected chi connectivity index (χ1v) is 12.1. The van der Waals surface area contributed by atoms with E-state index >= 15 is 0 Å². The molecule has 2 amide bonds. The van der Waals surface area contributed by atoms with Crippen molar-refractivity contribution < 1.29 is 9.59 Å². The van der Waals surface area contributed by atoms with E-state index in [2.05, 4.69) is 22.5 Å². The standard InChI is InChI=1S/C27H35N3O2/c1-20-8-7-17-30(18-20)19-21-13-15-22(16-14-21)26(31)29-25-12-6-5-11-24(25)27(32)28-23-9-3-2-4-10-23/h5-6,11-16,20,23H,2-4,7-10,17-19H2,1H3,(H,28,32)(H,29,31)/t20-/m0/s1. The number of piperidine rings is 1. The summed E-state index contributed by atoms with van der Waals surface area (Å²) < 4.78 is 0. The molecule has 4 rings (SSSR count). The number of nitrogens with one attached hydrogen (secondary N) is 2. The Labute approximate surface area is 191 Å². The molecule has 0 spiro atoms. The number of amides is 2. The molecule has 1 aliphatic heterocycles. The fraction of sp³-hybridized carbons (Fsp3) is 0.481. The van der Waals surface area contributed by atoms with Gasteiger partial charge >= 0.3 is 0 Å². The van der Waals surface area contributed by atoms with E-state index in [1.165, 1.54) is 24.8 Å². The molecule has 0 radical (unpaired) electrons. The molecule has 1 aliphatic carbocycles. The highest BCUT2D eigenvalue weighted by Gasteiger charge is 2.20. The van der Waals surface area contributed by atoms with E-state index in [0.717, 1.165) is 51.2 Å². The van der Waals surface area contributed by atoms with Gasteiger partial charge in [-0.05, 0) is 68.0 Å². The Balaban J connectivity index is 1.37. The number of carbonyl (C=O) groups excluding carboxylic acids is 2. The molecular formula is C27H35N3O2. The van der Waals surface area contributed by atoms with Gasteiger partial charge in [-0.1, -0.05) is 50.5 Å². The van der Waals surface area contributed by atoms with Crippen molar-refractivity contribution in [3.05, 3.63) is 65.2 Å². The summed E-state index contributed by atoms with van der Waals surface area (Å²) in [5.41, 5.74) is 2.89. The van der Waals surface area contributed by atoms with Crippen LogP contribution in [0.4, 0.5) is 5.69 Å². The van der Waals surface area contributed by atoms with Gasteiger partial charge in [0, 0.05) is 24.7 Å². The second-order valence-corrected chi connectivity index (χ2v) is 9.49. The van der Waals surface area contributed by atoms with Crippen LogP contribution in [0, 0.1) is 5.92 Å². The second-order valence-electron chi connectivity index (χ2n) is 9.49. The van der Waals surface area contributed by atoms with Crippen LogP contribution in [-0.4, -0.2) is 35.8 Å². The lowest BCUT2D eigenvalue weighted by molar-refractivity contribution is 0.0928. The molecule has 0 bridgehead atoms. The lowest BCUT2D eigenvalue weighted by Crippen LogP contribution is -2.36. The van der Waals surface area contributed by atoms with E-state index in [1.807, 2.05) is 36.4 Å². The highest BCUT2D eigenvalue weighted by Crippen LogP contribution is 2.21. The first-order valence-electron chi connectivity index (χ1n) is 12.1. The van der Waals surface area contributed by atoms with E-state index in [4.69, 9.17) is 0 Å². The van der Waals surface area contributed by atoms with E-state index in [0.29, 0.717) is 16.8 Å². The highest BCUT2D eigenvalue weighted by molar-refractivity contribution is 6.09. The summed E-state index contributed by atoms with van der Waals surface area (Å²) in [5, 5.41) is 6.08. The van der Waals surface area contributed by atoms with Gasteiger partial charge in [-0.15, -0.1) is 0 Å². The molecule has 1 heterocycles. The van der Waals surface area contributed by atoms with Crippen LogP contribution in [0.2, 0.25) is 0 Å². The summed E-state index contributed by atoms with van der Waals surface area (Å²) >= 11 is 0. The van der Waals surface area contributed by atoms with Gasteiger partial charge < -0.3 is 10.6 Å². The zero-order valence-electron chi connectivity index (χ0n) is 19.1. The highest BCUT2D eigenvalue weighted by atomic mass is 16.2. The van der Waals surface area contributed by atoms with Gasteiger partial charge in [0.25, 0.3) is 11.8 Å². The zero-order valence-corrected chi connectivity index (χ0v) is 19.1. The predicted octanol–water partition coefficient (Wildman–Crippen LogP) is 5.23. The maximum atomic E-state index is 12.9. The van der Waals surface area contributed by atoms with Crippen LogP contribution < -0.4 is 10.6 Å². The minimum absolute atomic E-state index is 0.112. The summed E-state index contributed by atoms with van der Waals surface area (Å²) in [6, 6.07) is 15.3. The lowest BCUT2D eigenvalue weighted by Gasteiger charge is -2.30. The first-order chi connectivity index (χ1) is 15.6. The number of rotatable bonds is 6. The Morgan fingerprint density at radius 2 is 1.66 bits per heavy atom. The van der Waals surface area contributed by atoms with Crippen molar-refractivity contribution in [2.45, 2.75) is 64.5 Å². The van der Waals surface area contributed by atoms with Crippen LogP contribution in [0.25, 0.3) is 0 Å². The van der Waals surface area contributed by atoms with Crippen LogP contribution in [0.15, 0.2) is 48.5 Å². The van der Waals surface area contributed by atoms with Gasteiger partial charge in [-0.2, -0.15) is 0 Å². The number of nitrogens with zero attached hydrogens (tertiary/aromatic N) is 1. The lowest BCUT2D eigenvalue weighted by atomic mass is 9.95. The molecule has 32 heavy (non-hydrogen) atoms. The second kappa shape index (κ2) is 10.8. The summed E-state index contributed by atoms with van der Waals surface area (Å²) in [7, 11) is 0. The normalized spacial score (nSPS) is 20.0. The van der Waals surface area contributed by atoms with Crippen LogP contribution in [-0.2, 0) is 6.54 Å². The molecule has 1 saturated heterocycles. The minimum atomic E-state index is -0.193. The number of carbonyl (C=O) groups is 2. The van der Waals surface area contributed by atoms with Crippen molar-refractivity contribution in [3.63, 3.8) is 0 Å². The third-order valence-corrected chi connectivity index (χ3v) is 6.72. The average Bonchev–Trinajstić information content (AvgIpc) is 2.80. The minimum Gasteiger partial charge on any atom is -0.349 e. The zero-order chi connectivity index (χ0) is 22.3. The summed E-state index contributed by atoms with van der Waals surface area (Å²) in [6.45, 7) is 5.53. The van der Waals surface area contributed by atoms with E-state index in [-0.39, 0.29) is 17.9 Å². The largest absolute Gasteiger partial charge is 0.349 e. The molecule has 0 unspecified atom stereocenters. The Kier molecular flexibility index (Phi) is 7.59. The van der Waals surface area contributed by atoms with Gasteiger partial charge in [0.1, 0.15) is 0 Å².